The minimum atomic E-state index is -0.636. The fourth-order valence-corrected chi connectivity index (χ4v) is 2.07. The first-order valence-electron chi connectivity index (χ1n) is 7.41. The Balaban J connectivity index is 2.37. The van der Waals surface area contributed by atoms with E-state index < -0.39 is 11.9 Å². The molecule has 1 heterocycles. The van der Waals surface area contributed by atoms with Crippen LogP contribution in [-0.2, 0) is 9.47 Å². The van der Waals surface area contributed by atoms with Gasteiger partial charge in [-0.2, -0.15) is 0 Å². The summed E-state index contributed by atoms with van der Waals surface area (Å²) >= 11 is 0. The maximum Gasteiger partial charge on any atom is 0.338 e. The zero-order valence-corrected chi connectivity index (χ0v) is 14.0. The van der Waals surface area contributed by atoms with Gasteiger partial charge >= 0.3 is 11.9 Å². The lowest BCUT2D eigenvalue weighted by atomic mass is 10.1. The molecule has 1 aromatic carbocycles. The molecule has 2 rings (SSSR count). The molecular formula is C17H16N4O4. The number of rotatable bonds is 5. The Bertz CT molecular complexity index is 840. The second-order valence-corrected chi connectivity index (χ2v) is 5.30. The number of pyridine rings is 1. The number of carbonyl (C=O) groups excluding carboxylic acids is 2. The monoisotopic (exact) mass is 340 g/mol. The quantitative estimate of drug-likeness (QED) is 0.352. The number of esters is 2. The van der Waals surface area contributed by atoms with Crippen LogP contribution in [-0.4, -0.2) is 30.1 Å². The zero-order valence-electron chi connectivity index (χ0n) is 14.0. The predicted molar refractivity (Wildman–Crippen MR) is 90.4 cm³/mol. The second kappa shape index (κ2) is 7.94. The summed E-state index contributed by atoms with van der Waals surface area (Å²) < 4.78 is 9.82. The fraction of sp³-hybridized carbons (Fsp3) is 0.235. The van der Waals surface area contributed by atoms with Crippen molar-refractivity contribution in [3.63, 3.8) is 0 Å². The molecule has 0 amide bonds. The van der Waals surface area contributed by atoms with Crippen LogP contribution in [0.1, 0.15) is 34.6 Å². The highest BCUT2D eigenvalue weighted by Gasteiger charge is 2.14. The molecule has 0 spiro atoms. The molecule has 0 saturated heterocycles. The van der Waals surface area contributed by atoms with E-state index in [0.29, 0.717) is 16.8 Å². The first kappa shape index (κ1) is 18.0. The lowest BCUT2D eigenvalue weighted by Gasteiger charge is -2.09. The van der Waals surface area contributed by atoms with Crippen molar-refractivity contribution in [2.24, 2.45) is 5.11 Å². The standard InChI is InChI=1S/C17H16N4O4/c1-10(2)25-16(22)12-6-4-11(5-7-12)14-8-13(17(23)24-3)15(9-19-14)20-21-18/h4-10H,1-3H3. The Kier molecular flexibility index (Phi) is 5.71. The number of ether oxygens (including phenoxy) is 2. The van der Waals surface area contributed by atoms with Crippen molar-refractivity contribution in [3.8, 4) is 11.3 Å². The average molecular weight is 340 g/mol. The molecule has 0 atom stereocenters. The van der Waals surface area contributed by atoms with E-state index in [1.54, 1.807) is 38.1 Å². The summed E-state index contributed by atoms with van der Waals surface area (Å²) in [5.74, 6) is -1.05. The molecule has 0 N–H and O–H groups in total. The summed E-state index contributed by atoms with van der Waals surface area (Å²) in [5, 5.41) is 3.43. The summed E-state index contributed by atoms with van der Waals surface area (Å²) in [6.45, 7) is 3.55. The van der Waals surface area contributed by atoms with E-state index in [1.165, 1.54) is 19.4 Å². The number of hydrogen-bond acceptors (Lipinski definition) is 6. The molecule has 0 saturated carbocycles. The third-order valence-corrected chi connectivity index (χ3v) is 3.20. The van der Waals surface area contributed by atoms with Crippen molar-refractivity contribution in [2.75, 3.05) is 7.11 Å². The van der Waals surface area contributed by atoms with Crippen molar-refractivity contribution >= 4 is 17.6 Å². The van der Waals surface area contributed by atoms with Gasteiger partial charge in [0.25, 0.3) is 0 Å². The number of hydrogen-bond donors (Lipinski definition) is 0. The van der Waals surface area contributed by atoms with Crippen LogP contribution in [0, 0.1) is 0 Å². The van der Waals surface area contributed by atoms with Crippen LogP contribution >= 0.6 is 0 Å². The topological polar surface area (TPSA) is 114 Å². The molecule has 0 unspecified atom stereocenters. The Hall–Kier alpha value is -3.38. The van der Waals surface area contributed by atoms with Gasteiger partial charge < -0.3 is 9.47 Å². The van der Waals surface area contributed by atoms with E-state index in [2.05, 4.69) is 15.0 Å². The van der Waals surface area contributed by atoms with Crippen LogP contribution in [0.15, 0.2) is 41.6 Å². The summed E-state index contributed by atoms with van der Waals surface area (Å²) in [7, 11) is 1.23. The third kappa shape index (κ3) is 4.33. The maximum atomic E-state index is 11.9. The highest BCUT2D eigenvalue weighted by molar-refractivity contribution is 5.96. The van der Waals surface area contributed by atoms with Crippen LogP contribution in [0.25, 0.3) is 21.7 Å². The summed E-state index contributed by atoms with van der Waals surface area (Å²) in [4.78, 5) is 30.5. The average Bonchev–Trinajstić information content (AvgIpc) is 2.61. The third-order valence-electron chi connectivity index (χ3n) is 3.20. The molecule has 0 aliphatic rings. The van der Waals surface area contributed by atoms with E-state index in [4.69, 9.17) is 15.0 Å². The van der Waals surface area contributed by atoms with Gasteiger partial charge in [0.05, 0.1) is 35.7 Å². The highest BCUT2D eigenvalue weighted by Crippen LogP contribution is 2.26. The summed E-state index contributed by atoms with van der Waals surface area (Å²) in [6, 6.07) is 8.07. The van der Waals surface area contributed by atoms with Gasteiger partial charge in [-0.1, -0.05) is 17.2 Å². The van der Waals surface area contributed by atoms with E-state index >= 15 is 0 Å². The molecule has 0 bridgehead atoms. The number of nitrogens with zero attached hydrogens (tertiary/aromatic N) is 4. The van der Waals surface area contributed by atoms with E-state index in [-0.39, 0.29) is 17.4 Å². The fourth-order valence-electron chi connectivity index (χ4n) is 2.07. The molecule has 2 aromatic rings. The molecule has 0 fully saturated rings. The van der Waals surface area contributed by atoms with E-state index in [0.717, 1.165) is 0 Å². The first-order valence-corrected chi connectivity index (χ1v) is 7.41. The van der Waals surface area contributed by atoms with Gasteiger partial charge in [0.1, 0.15) is 0 Å². The Labute approximate surface area is 144 Å². The summed E-state index contributed by atoms with van der Waals surface area (Å²) in [6.07, 6.45) is 1.09. The lowest BCUT2D eigenvalue weighted by molar-refractivity contribution is 0.0377. The molecule has 25 heavy (non-hydrogen) atoms. The van der Waals surface area contributed by atoms with Crippen molar-refractivity contribution in [1.82, 2.24) is 4.98 Å². The van der Waals surface area contributed by atoms with Gasteiger partial charge in [-0.3, -0.25) is 4.98 Å². The number of carbonyl (C=O) groups is 2. The van der Waals surface area contributed by atoms with Gasteiger partial charge in [0.2, 0.25) is 0 Å². The minimum Gasteiger partial charge on any atom is -0.465 e. The Morgan fingerprint density at radius 2 is 1.88 bits per heavy atom. The van der Waals surface area contributed by atoms with Crippen LogP contribution in [0.3, 0.4) is 0 Å². The smallest absolute Gasteiger partial charge is 0.338 e. The molecule has 8 nitrogen and oxygen atoms in total. The molecular weight excluding hydrogens is 324 g/mol. The Morgan fingerprint density at radius 3 is 2.44 bits per heavy atom. The molecule has 0 radical (unpaired) electrons. The van der Waals surface area contributed by atoms with Crippen molar-refractivity contribution in [2.45, 2.75) is 20.0 Å². The molecule has 0 aliphatic heterocycles. The van der Waals surface area contributed by atoms with Gasteiger partial charge in [0.15, 0.2) is 0 Å². The number of methoxy groups -OCH3 is 1. The summed E-state index contributed by atoms with van der Waals surface area (Å²) in [5.41, 5.74) is 10.3. The first-order chi connectivity index (χ1) is 12.0. The van der Waals surface area contributed by atoms with Crippen LogP contribution < -0.4 is 0 Å². The van der Waals surface area contributed by atoms with Gasteiger partial charge in [-0.25, -0.2) is 9.59 Å². The maximum absolute atomic E-state index is 11.9. The van der Waals surface area contributed by atoms with Gasteiger partial charge in [0, 0.05) is 16.7 Å². The molecule has 1 aromatic heterocycles. The molecule has 128 valence electrons. The Morgan fingerprint density at radius 1 is 1.20 bits per heavy atom. The SMILES string of the molecule is COC(=O)c1cc(-c2ccc(C(=O)OC(C)C)cc2)ncc1N=[N+]=[N-]. The lowest BCUT2D eigenvalue weighted by Crippen LogP contribution is -2.11. The second-order valence-electron chi connectivity index (χ2n) is 5.30. The number of azide groups is 1. The van der Waals surface area contributed by atoms with Crippen LogP contribution in [0.5, 0.6) is 0 Å². The largest absolute Gasteiger partial charge is 0.465 e. The van der Waals surface area contributed by atoms with Crippen molar-refractivity contribution in [3.05, 3.63) is 58.1 Å². The van der Waals surface area contributed by atoms with Gasteiger partial charge in [-0.05, 0) is 37.6 Å². The number of benzene rings is 1. The van der Waals surface area contributed by atoms with Crippen LogP contribution in [0.4, 0.5) is 5.69 Å². The molecule has 8 heteroatoms. The van der Waals surface area contributed by atoms with Crippen molar-refractivity contribution in [1.29, 1.82) is 0 Å². The van der Waals surface area contributed by atoms with Gasteiger partial charge in [-0.15, -0.1) is 0 Å². The minimum absolute atomic E-state index is 0.0789. The van der Waals surface area contributed by atoms with E-state index in [9.17, 15) is 9.59 Å². The van der Waals surface area contributed by atoms with Crippen molar-refractivity contribution < 1.29 is 19.1 Å². The zero-order chi connectivity index (χ0) is 18.4. The predicted octanol–water partition coefficient (Wildman–Crippen LogP) is 4.04. The highest BCUT2D eigenvalue weighted by atomic mass is 16.5. The number of aromatic nitrogens is 1. The molecule has 0 aliphatic carbocycles. The normalized spacial score (nSPS) is 10.1. The van der Waals surface area contributed by atoms with E-state index in [1.807, 2.05) is 0 Å². The van der Waals surface area contributed by atoms with Crippen LogP contribution in [0.2, 0.25) is 0 Å².